The van der Waals surface area contributed by atoms with Gasteiger partial charge in [0, 0.05) is 25.2 Å². The summed E-state index contributed by atoms with van der Waals surface area (Å²) < 4.78 is 27.1. The monoisotopic (exact) mass is 314 g/mol. The van der Waals surface area contributed by atoms with Gasteiger partial charge in [0.1, 0.15) is 0 Å². The number of rotatable bonds is 7. The summed E-state index contributed by atoms with van der Waals surface area (Å²) in [5.74, 6) is 5.15. The Morgan fingerprint density at radius 3 is 2.29 bits per heavy atom. The minimum absolute atomic E-state index is 0.0595. The molecule has 0 aliphatic carbocycles. The van der Waals surface area contributed by atoms with Crippen molar-refractivity contribution in [3.63, 3.8) is 0 Å². The van der Waals surface area contributed by atoms with Crippen LogP contribution in [0, 0.1) is 13.8 Å². The van der Waals surface area contributed by atoms with Crippen LogP contribution in [0.3, 0.4) is 0 Å². The third-order valence-corrected chi connectivity index (χ3v) is 4.68. The molecule has 7 nitrogen and oxygen atoms in total. The highest BCUT2D eigenvalue weighted by Crippen LogP contribution is 2.23. The molecule has 8 heteroatoms. The van der Waals surface area contributed by atoms with Gasteiger partial charge < -0.3 is 10.7 Å². The normalized spacial score (nSPS) is 11.2. The second kappa shape index (κ2) is 7.39. The van der Waals surface area contributed by atoms with Gasteiger partial charge >= 0.3 is 0 Å². The lowest BCUT2D eigenvalue weighted by Crippen LogP contribution is -2.31. The van der Waals surface area contributed by atoms with E-state index in [-0.39, 0.29) is 23.8 Å². The summed E-state index contributed by atoms with van der Waals surface area (Å²) in [6, 6.07) is 3.32. The van der Waals surface area contributed by atoms with E-state index < -0.39 is 10.0 Å². The fourth-order valence-electron chi connectivity index (χ4n) is 2.11. The minimum atomic E-state index is -3.66. The molecule has 118 valence electrons. The van der Waals surface area contributed by atoms with E-state index in [2.05, 4.69) is 15.5 Å². The van der Waals surface area contributed by atoms with Crippen molar-refractivity contribution < 1.29 is 13.2 Å². The van der Waals surface area contributed by atoms with Crippen LogP contribution in [0.4, 0.5) is 5.69 Å². The lowest BCUT2D eigenvalue weighted by molar-refractivity contribution is -0.120. The van der Waals surface area contributed by atoms with Gasteiger partial charge in [0.15, 0.2) is 0 Å². The molecule has 0 atom stereocenters. The van der Waals surface area contributed by atoms with E-state index in [1.54, 1.807) is 26.0 Å². The molecule has 5 N–H and O–H groups in total. The molecule has 0 unspecified atom stereocenters. The van der Waals surface area contributed by atoms with Crippen molar-refractivity contribution >= 4 is 21.6 Å². The lowest BCUT2D eigenvalue weighted by Gasteiger charge is -2.13. The number of hydrazine groups is 1. The molecule has 21 heavy (non-hydrogen) atoms. The van der Waals surface area contributed by atoms with Crippen molar-refractivity contribution in [1.29, 1.82) is 0 Å². The minimum Gasteiger partial charge on any atom is -0.356 e. The Morgan fingerprint density at radius 1 is 1.24 bits per heavy atom. The molecule has 0 aliphatic rings. The highest BCUT2D eigenvalue weighted by Gasteiger charge is 2.20. The van der Waals surface area contributed by atoms with Crippen molar-refractivity contribution in [3.8, 4) is 0 Å². The SMILES string of the molecule is CCNC(=O)CCNS(=O)(=O)c1c(C)cc(NN)cc1C. The van der Waals surface area contributed by atoms with E-state index in [1.807, 2.05) is 6.92 Å². The standard InChI is InChI=1S/C13H22N4O3S/c1-4-15-12(18)5-6-16-21(19,20)13-9(2)7-11(17-14)8-10(13)3/h7-8,16-17H,4-6,14H2,1-3H3,(H,15,18). The van der Waals surface area contributed by atoms with Gasteiger partial charge in [0.2, 0.25) is 15.9 Å². The number of carbonyl (C=O) groups is 1. The summed E-state index contributed by atoms with van der Waals surface area (Å²) in [5, 5.41) is 2.61. The summed E-state index contributed by atoms with van der Waals surface area (Å²) in [6.45, 7) is 5.79. The highest BCUT2D eigenvalue weighted by molar-refractivity contribution is 7.89. The maximum absolute atomic E-state index is 12.3. The maximum atomic E-state index is 12.3. The Kier molecular flexibility index (Phi) is 6.13. The van der Waals surface area contributed by atoms with Crippen LogP contribution < -0.4 is 21.3 Å². The van der Waals surface area contributed by atoms with E-state index in [0.717, 1.165) is 0 Å². The molecule has 0 heterocycles. The zero-order valence-electron chi connectivity index (χ0n) is 12.5. The Morgan fingerprint density at radius 2 is 1.81 bits per heavy atom. The fraction of sp³-hybridized carbons (Fsp3) is 0.462. The predicted molar refractivity (Wildman–Crippen MR) is 82.2 cm³/mol. The van der Waals surface area contributed by atoms with Crippen LogP contribution in [0.5, 0.6) is 0 Å². The number of amides is 1. The summed E-state index contributed by atoms with van der Waals surface area (Å²) in [7, 11) is -3.66. The molecule has 0 saturated heterocycles. The number of carbonyl (C=O) groups excluding carboxylic acids is 1. The smallest absolute Gasteiger partial charge is 0.241 e. The molecular weight excluding hydrogens is 292 g/mol. The molecule has 1 aromatic carbocycles. The zero-order chi connectivity index (χ0) is 16.0. The van der Waals surface area contributed by atoms with Crippen LogP contribution >= 0.6 is 0 Å². The van der Waals surface area contributed by atoms with Crippen LogP contribution in [-0.2, 0) is 14.8 Å². The van der Waals surface area contributed by atoms with Gasteiger partial charge in [-0.15, -0.1) is 0 Å². The van der Waals surface area contributed by atoms with Gasteiger partial charge in [-0.25, -0.2) is 13.1 Å². The highest BCUT2D eigenvalue weighted by atomic mass is 32.2. The number of nitrogens with one attached hydrogen (secondary N) is 3. The van der Waals surface area contributed by atoms with Crippen LogP contribution in [0.25, 0.3) is 0 Å². The first kappa shape index (κ1) is 17.4. The first-order valence-corrected chi connectivity index (χ1v) is 8.14. The van der Waals surface area contributed by atoms with Gasteiger partial charge in [-0.2, -0.15) is 0 Å². The molecule has 1 amide bonds. The fourth-order valence-corrected chi connectivity index (χ4v) is 3.59. The van der Waals surface area contributed by atoms with E-state index in [9.17, 15) is 13.2 Å². The number of hydrogen-bond acceptors (Lipinski definition) is 5. The van der Waals surface area contributed by atoms with Crippen LogP contribution in [0.1, 0.15) is 24.5 Å². The number of nitrogens with two attached hydrogens (primary N) is 1. The number of nitrogen functional groups attached to an aromatic ring is 1. The first-order valence-electron chi connectivity index (χ1n) is 6.66. The summed E-state index contributed by atoms with van der Waals surface area (Å²) in [4.78, 5) is 11.5. The van der Waals surface area contributed by atoms with Gasteiger partial charge in [-0.1, -0.05) is 0 Å². The second-order valence-electron chi connectivity index (χ2n) is 4.68. The van der Waals surface area contributed by atoms with E-state index in [1.165, 1.54) is 0 Å². The predicted octanol–water partition coefficient (Wildman–Crippen LogP) is 0.394. The average molecular weight is 314 g/mol. The van der Waals surface area contributed by atoms with Gasteiger partial charge in [-0.3, -0.25) is 10.6 Å². The molecule has 0 radical (unpaired) electrons. The first-order chi connectivity index (χ1) is 9.81. The maximum Gasteiger partial charge on any atom is 0.241 e. The van der Waals surface area contributed by atoms with Gasteiger partial charge in [0.25, 0.3) is 0 Å². The molecular formula is C13H22N4O3S. The number of sulfonamides is 1. The molecule has 0 saturated carbocycles. The summed E-state index contributed by atoms with van der Waals surface area (Å²) >= 11 is 0. The van der Waals surface area contributed by atoms with Crippen LogP contribution in [0.2, 0.25) is 0 Å². The summed E-state index contributed by atoms with van der Waals surface area (Å²) in [5.41, 5.74) is 4.32. The topological polar surface area (TPSA) is 113 Å². The average Bonchev–Trinajstić information content (AvgIpc) is 2.37. The molecule has 0 bridgehead atoms. The Hall–Kier alpha value is -1.64. The van der Waals surface area contributed by atoms with E-state index in [4.69, 9.17) is 5.84 Å². The third-order valence-electron chi connectivity index (χ3n) is 2.91. The quantitative estimate of drug-likeness (QED) is 0.429. The molecule has 0 aromatic heterocycles. The van der Waals surface area contributed by atoms with Gasteiger partial charge in [-0.05, 0) is 44.0 Å². The van der Waals surface area contributed by atoms with Crippen molar-refractivity contribution in [3.05, 3.63) is 23.3 Å². The number of anilines is 1. The van der Waals surface area contributed by atoms with E-state index >= 15 is 0 Å². The van der Waals surface area contributed by atoms with Crippen LogP contribution in [0.15, 0.2) is 17.0 Å². The Bertz CT molecular complexity index is 591. The number of aryl methyl sites for hydroxylation is 2. The molecule has 0 aliphatic heterocycles. The second-order valence-corrected chi connectivity index (χ2v) is 6.39. The Labute approximate surface area is 125 Å². The van der Waals surface area contributed by atoms with E-state index in [0.29, 0.717) is 23.4 Å². The molecule has 1 aromatic rings. The van der Waals surface area contributed by atoms with Crippen molar-refractivity contribution in [2.75, 3.05) is 18.5 Å². The summed E-state index contributed by atoms with van der Waals surface area (Å²) in [6.07, 6.45) is 0.105. The lowest BCUT2D eigenvalue weighted by atomic mass is 10.1. The van der Waals surface area contributed by atoms with Crippen molar-refractivity contribution in [2.24, 2.45) is 5.84 Å². The van der Waals surface area contributed by atoms with Crippen molar-refractivity contribution in [1.82, 2.24) is 10.0 Å². The molecule has 0 fully saturated rings. The number of benzene rings is 1. The zero-order valence-corrected chi connectivity index (χ0v) is 13.3. The van der Waals surface area contributed by atoms with Crippen molar-refractivity contribution in [2.45, 2.75) is 32.1 Å². The van der Waals surface area contributed by atoms with Gasteiger partial charge in [0.05, 0.1) is 4.90 Å². The largest absolute Gasteiger partial charge is 0.356 e. The number of hydrogen-bond donors (Lipinski definition) is 4. The molecule has 1 rings (SSSR count). The molecule has 0 spiro atoms. The van der Waals surface area contributed by atoms with Crippen LogP contribution in [-0.4, -0.2) is 27.4 Å². The third kappa shape index (κ3) is 4.69. The Balaban J connectivity index is 2.86.